The zero-order chi connectivity index (χ0) is 20.6. The predicted molar refractivity (Wildman–Crippen MR) is 109 cm³/mol. The molecule has 0 saturated carbocycles. The van der Waals surface area contributed by atoms with Gasteiger partial charge in [0.25, 0.3) is 5.69 Å². The number of rotatable bonds is 8. The Morgan fingerprint density at radius 3 is 2.31 bits per heavy atom. The van der Waals surface area contributed by atoms with E-state index in [4.69, 9.17) is 0 Å². The van der Waals surface area contributed by atoms with Crippen molar-refractivity contribution in [3.63, 3.8) is 0 Å². The van der Waals surface area contributed by atoms with Crippen LogP contribution in [0.5, 0.6) is 0 Å². The first-order chi connectivity index (χ1) is 14.0. The van der Waals surface area contributed by atoms with Gasteiger partial charge in [0.2, 0.25) is 5.91 Å². The molecule has 0 aliphatic carbocycles. The Morgan fingerprint density at radius 2 is 1.62 bits per heavy atom. The number of para-hydroxylation sites is 2. The third-order valence-corrected chi connectivity index (χ3v) is 4.43. The normalized spacial score (nSPS) is 11.5. The monoisotopic (exact) mass is 393 g/mol. The van der Waals surface area contributed by atoms with Crippen LogP contribution < -0.4 is 10.6 Å². The van der Waals surface area contributed by atoms with Crippen molar-refractivity contribution in [3.8, 4) is 0 Å². The highest BCUT2D eigenvalue weighted by atomic mass is 19.1. The number of nitrogens with zero attached hydrogens (tertiary/aromatic N) is 1. The van der Waals surface area contributed by atoms with Gasteiger partial charge in [-0.3, -0.25) is 14.9 Å². The van der Waals surface area contributed by atoms with Crippen LogP contribution in [-0.2, 0) is 11.2 Å². The summed E-state index contributed by atoms with van der Waals surface area (Å²) in [6.07, 6.45) is 0.488. The molecule has 3 aromatic carbocycles. The number of anilines is 1. The first-order valence-corrected chi connectivity index (χ1v) is 9.09. The Bertz CT molecular complexity index is 978. The molecule has 1 amide bonds. The molecule has 0 saturated heterocycles. The smallest absolute Gasteiger partial charge is 0.292 e. The topological polar surface area (TPSA) is 84.3 Å². The Labute approximate surface area is 167 Å². The van der Waals surface area contributed by atoms with E-state index >= 15 is 0 Å². The van der Waals surface area contributed by atoms with Gasteiger partial charge in [0, 0.05) is 6.07 Å². The summed E-state index contributed by atoms with van der Waals surface area (Å²) in [6, 6.07) is 21.4. The molecule has 7 heteroatoms. The Balaban J connectivity index is 1.69. The number of benzene rings is 3. The van der Waals surface area contributed by atoms with Crippen LogP contribution in [0.1, 0.15) is 17.2 Å². The summed E-state index contributed by atoms with van der Waals surface area (Å²) in [6.45, 7) is -0.113. The molecule has 0 aliphatic rings. The molecule has 0 bridgehead atoms. The van der Waals surface area contributed by atoms with Crippen molar-refractivity contribution in [1.29, 1.82) is 0 Å². The van der Waals surface area contributed by atoms with E-state index in [0.29, 0.717) is 6.42 Å². The third kappa shape index (κ3) is 5.62. The molecule has 0 aliphatic heterocycles. The van der Waals surface area contributed by atoms with E-state index in [1.807, 2.05) is 30.3 Å². The van der Waals surface area contributed by atoms with Crippen LogP contribution in [0.25, 0.3) is 0 Å². The van der Waals surface area contributed by atoms with E-state index in [-0.39, 0.29) is 35.7 Å². The van der Waals surface area contributed by atoms with Crippen LogP contribution in [0.4, 0.5) is 15.8 Å². The average Bonchev–Trinajstić information content (AvgIpc) is 2.74. The number of carbonyl (C=O) groups excluding carboxylic acids is 1. The molecule has 0 heterocycles. The SMILES string of the molecule is O=C(CNc1ccccc1[N+](=O)[O-])NC(Cc1ccc(F)cc1)c1ccccc1. The molecule has 0 radical (unpaired) electrons. The lowest BCUT2D eigenvalue weighted by molar-refractivity contribution is -0.383. The van der Waals surface area contributed by atoms with Gasteiger partial charge in [-0.25, -0.2) is 4.39 Å². The molecule has 1 unspecified atom stereocenters. The Hall–Kier alpha value is -3.74. The van der Waals surface area contributed by atoms with Crippen molar-refractivity contribution < 1.29 is 14.1 Å². The number of hydrogen-bond donors (Lipinski definition) is 2. The van der Waals surface area contributed by atoms with Crippen molar-refractivity contribution in [3.05, 3.63) is 106 Å². The van der Waals surface area contributed by atoms with Crippen molar-refractivity contribution in [1.82, 2.24) is 5.32 Å². The molecule has 3 aromatic rings. The van der Waals surface area contributed by atoms with E-state index in [9.17, 15) is 19.3 Å². The van der Waals surface area contributed by atoms with E-state index in [1.54, 1.807) is 30.3 Å². The maximum Gasteiger partial charge on any atom is 0.292 e. The summed E-state index contributed by atoms with van der Waals surface area (Å²) in [5.74, 6) is -0.623. The van der Waals surface area contributed by atoms with Crippen LogP contribution in [-0.4, -0.2) is 17.4 Å². The highest BCUT2D eigenvalue weighted by molar-refractivity contribution is 5.82. The number of halogens is 1. The van der Waals surface area contributed by atoms with Crippen molar-refractivity contribution in [2.75, 3.05) is 11.9 Å². The number of carbonyl (C=O) groups is 1. The third-order valence-electron chi connectivity index (χ3n) is 4.43. The van der Waals surface area contributed by atoms with E-state index in [1.165, 1.54) is 18.2 Å². The van der Waals surface area contributed by atoms with E-state index in [0.717, 1.165) is 11.1 Å². The Morgan fingerprint density at radius 1 is 0.966 bits per heavy atom. The van der Waals surface area contributed by atoms with Gasteiger partial charge in [-0.15, -0.1) is 0 Å². The molecular weight excluding hydrogens is 373 g/mol. The summed E-state index contributed by atoms with van der Waals surface area (Å²) < 4.78 is 13.2. The van der Waals surface area contributed by atoms with Gasteiger partial charge in [-0.1, -0.05) is 54.6 Å². The lowest BCUT2D eigenvalue weighted by Crippen LogP contribution is -2.34. The lowest BCUT2D eigenvalue weighted by atomic mass is 9.99. The fraction of sp³-hybridized carbons (Fsp3) is 0.136. The van der Waals surface area contributed by atoms with Crippen LogP contribution in [0.2, 0.25) is 0 Å². The van der Waals surface area contributed by atoms with Gasteiger partial charge < -0.3 is 10.6 Å². The standard InChI is InChI=1S/C22H20FN3O3/c23-18-12-10-16(11-13-18)14-20(17-6-2-1-3-7-17)25-22(27)15-24-19-8-4-5-9-21(19)26(28)29/h1-13,20,24H,14-15H2,(H,25,27). The van der Waals surface area contributed by atoms with Crippen molar-refractivity contribution in [2.24, 2.45) is 0 Å². The molecule has 0 spiro atoms. The highest BCUT2D eigenvalue weighted by Gasteiger charge is 2.17. The Kier molecular flexibility index (Phi) is 6.52. The first-order valence-electron chi connectivity index (χ1n) is 9.09. The van der Waals surface area contributed by atoms with Crippen molar-refractivity contribution in [2.45, 2.75) is 12.5 Å². The van der Waals surface area contributed by atoms with Crippen molar-refractivity contribution >= 4 is 17.3 Å². The zero-order valence-corrected chi connectivity index (χ0v) is 15.5. The van der Waals surface area contributed by atoms with Gasteiger partial charge in [-0.05, 0) is 35.7 Å². The molecule has 2 N–H and O–H groups in total. The van der Waals surface area contributed by atoms with Gasteiger partial charge in [0.05, 0.1) is 17.5 Å². The maximum absolute atomic E-state index is 13.2. The van der Waals surface area contributed by atoms with Gasteiger partial charge >= 0.3 is 0 Å². The van der Waals surface area contributed by atoms with Gasteiger partial charge in [0.15, 0.2) is 0 Å². The number of amides is 1. The summed E-state index contributed by atoms with van der Waals surface area (Å²) in [5, 5.41) is 16.9. The molecular formula is C22H20FN3O3. The molecule has 3 rings (SSSR count). The molecule has 6 nitrogen and oxygen atoms in total. The minimum Gasteiger partial charge on any atom is -0.371 e. The largest absolute Gasteiger partial charge is 0.371 e. The summed E-state index contributed by atoms with van der Waals surface area (Å²) >= 11 is 0. The second-order valence-electron chi connectivity index (χ2n) is 6.49. The maximum atomic E-state index is 13.2. The van der Waals surface area contributed by atoms with Gasteiger partial charge in [-0.2, -0.15) is 0 Å². The highest BCUT2D eigenvalue weighted by Crippen LogP contribution is 2.23. The molecule has 29 heavy (non-hydrogen) atoms. The fourth-order valence-electron chi connectivity index (χ4n) is 3.00. The molecule has 0 fully saturated rings. The number of hydrogen-bond acceptors (Lipinski definition) is 4. The number of nitro groups is 1. The average molecular weight is 393 g/mol. The van der Waals surface area contributed by atoms with Crippen LogP contribution in [0.15, 0.2) is 78.9 Å². The molecule has 1 atom stereocenters. The van der Waals surface area contributed by atoms with Gasteiger partial charge in [0.1, 0.15) is 11.5 Å². The first kappa shape index (κ1) is 20.0. The second-order valence-corrected chi connectivity index (χ2v) is 6.49. The molecule has 148 valence electrons. The second kappa shape index (κ2) is 9.45. The summed E-state index contributed by atoms with van der Waals surface area (Å²) in [7, 11) is 0. The fourth-order valence-corrected chi connectivity index (χ4v) is 3.00. The number of nitro benzene ring substituents is 1. The predicted octanol–water partition coefficient (Wildman–Crippen LogP) is 4.25. The summed E-state index contributed by atoms with van der Waals surface area (Å²) in [5.41, 5.74) is 1.98. The lowest BCUT2D eigenvalue weighted by Gasteiger charge is -2.20. The number of nitrogens with one attached hydrogen (secondary N) is 2. The van der Waals surface area contributed by atoms with Crippen LogP contribution >= 0.6 is 0 Å². The zero-order valence-electron chi connectivity index (χ0n) is 15.5. The van der Waals surface area contributed by atoms with E-state index < -0.39 is 4.92 Å². The minimum atomic E-state index is -0.498. The summed E-state index contributed by atoms with van der Waals surface area (Å²) in [4.78, 5) is 23.1. The minimum absolute atomic E-state index is 0.0915. The molecule has 0 aromatic heterocycles. The van der Waals surface area contributed by atoms with Crippen LogP contribution in [0.3, 0.4) is 0 Å². The van der Waals surface area contributed by atoms with E-state index in [2.05, 4.69) is 10.6 Å². The quantitative estimate of drug-likeness (QED) is 0.443. The van der Waals surface area contributed by atoms with Crippen LogP contribution in [0, 0.1) is 15.9 Å².